The van der Waals surface area contributed by atoms with Crippen molar-refractivity contribution in [2.75, 3.05) is 0 Å². The van der Waals surface area contributed by atoms with Gasteiger partial charge in [-0.05, 0) is 0 Å². The summed E-state index contributed by atoms with van der Waals surface area (Å²) in [6.07, 6.45) is 10.7. The van der Waals surface area contributed by atoms with Crippen molar-refractivity contribution < 1.29 is 17.4 Å². The van der Waals surface area contributed by atoms with Crippen LogP contribution in [0.5, 0.6) is 0 Å². The van der Waals surface area contributed by atoms with Gasteiger partial charge in [0, 0.05) is 0 Å². The largest absolute Gasteiger partial charge is 0.147 e. The second kappa shape index (κ2) is 14.7. The zero-order chi connectivity index (χ0) is 34.9. The molecule has 0 radical (unpaired) electrons. The molecule has 4 aromatic carbocycles. The molecule has 0 N–H and O–H groups in total. The van der Waals surface area contributed by atoms with Gasteiger partial charge in [0.25, 0.3) is 0 Å². The van der Waals surface area contributed by atoms with Gasteiger partial charge in [0.15, 0.2) is 0 Å². The number of benzene rings is 4. The van der Waals surface area contributed by atoms with Gasteiger partial charge in [-0.3, -0.25) is 0 Å². The van der Waals surface area contributed by atoms with Gasteiger partial charge in [0.05, 0.1) is 0 Å². The third-order valence-corrected chi connectivity index (χ3v) is 30.3. The Hall–Kier alpha value is -1.96. The van der Waals surface area contributed by atoms with E-state index in [1.807, 2.05) is 0 Å². The van der Waals surface area contributed by atoms with E-state index in [1.54, 1.807) is 22.3 Å². The number of rotatable bonds is 6. The maximum Gasteiger partial charge on any atom is -0.147 e. The van der Waals surface area contributed by atoms with Crippen molar-refractivity contribution in [1.82, 2.24) is 0 Å². The Labute approximate surface area is 324 Å². The second-order valence-corrected chi connectivity index (χ2v) is 49.0. The Kier molecular flexibility index (Phi) is 11.6. The maximum absolute atomic E-state index is 3.72. The van der Waals surface area contributed by atoms with Crippen molar-refractivity contribution in [2.45, 2.75) is 102 Å². The van der Waals surface area contributed by atoms with Gasteiger partial charge in [0.2, 0.25) is 0 Å². The van der Waals surface area contributed by atoms with Crippen molar-refractivity contribution in [1.29, 1.82) is 0 Å². The number of halogens is 2. The summed E-state index contributed by atoms with van der Waals surface area (Å²) in [4.78, 5) is 0. The molecule has 0 bridgehead atoms. The maximum atomic E-state index is 2.82. The summed E-state index contributed by atoms with van der Waals surface area (Å²) in [5, 5.41) is 0. The number of hydrogen-bond donors (Lipinski definition) is 0. The molecule has 0 heterocycles. The van der Waals surface area contributed by atoms with Crippen LogP contribution >= 0.6 is 24.8 Å². The van der Waals surface area contributed by atoms with Crippen LogP contribution in [0.2, 0.25) is 9.26 Å². The molecule has 51 heavy (non-hydrogen) atoms. The molecule has 1 fully saturated rings. The van der Waals surface area contributed by atoms with Gasteiger partial charge in [0.1, 0.15) is 0 Å². The van der Waals surface area contributed by atoms with E-state index in [0.29, 0.717) is 19.1 Å². The van der Waals surface area contributed by atoms with Crippen LogP contribution in [0.4, 0.5) is 0 Å². The van der Waals surface area contributed by atoms with Crippen molar-refractivity contribution in [3.63, 3.8) is 0 Å². The third-order valence-electron chi connectivity index (χ3n) is 12.7. The van der Waals surface area contributed by atoms with Crippen LogP contribution in [-0.2, 0) is 22.8 Å². The fourth-order valence-corrected chi connectivity index (χ4v) is 30.4. The molecule has 0 amide bonds. The first-order valence-corrected chi connectivity index (χ1v) is 32.7. The van der Waals surface area contributed by atoms with Gasteiger partial charge < -0.3 is 0 Å². The second-order valence-electron chi connectivity index (χ2n) is 18.5. The van der Waals surface area contributed by atoms with Crippen LogP contribution in [-0.4, -0.2) is 6.88 Å². The molecule has 3 aliphatic carbocycles. The average Bonchev–Trinajstić information content (AvgIpc) is 3.64. The Morgan fingerprint density at radius 2 is 1.16 bits per heavy atom. The van der Waals surface area contributed by atoms with Crippen LogP contribution in [0, 0.1) is 11.8 Å². The monoisotopic (exact) mass is 812 g/mol. The fourth-order valence-electron chi connectivity index (χ4n) is 10.1. The van der Waals surface area contributed by atoms with Crippen LogP contribution in [0.15, 0.2) is 96.1 Å². The minimum Gasteiger partial charge on any atom is -0.147 e. The third kappa shape index (κ3) is 7.31. The van der Waals surface area contributed by atoms with Crippen molar-refractivity contribution in [2.24, 2.45) is 11.8 Å². The zero-order valence-electron chi connectivity index (χ0n) is 32.5. The first-order chi connectivity index (χ1) is 23.1. The summed E-state index contributed by atoms with van der Waals surface area (Å²) in [5.74, 6) is 2.09. The van der Waals surface area contributed by atoms with E-state index in [2.05, 4.69) is 162 Å². The molecular weight excluding hydrogens is 755 g/mol. The fraction of sp³-hybridized carbons (Fsp3) is 0.404. The average molecular weight is 815 g/mol. The van der Waals surface area contributed by atoms with E-state index in [1.165, 1.54) is 70.2 Å². The standard InChI is InChI=1S/C25H29.C20H21.2CH3.2ClH.H2Si.Zr/c1-17(2)19-11-13-21(14-12-19)24-6-4-5-22-15-23(16-25(22)24)20-9-7-18(3)8-10-20;1-14-12-16-6-5-7-18(19(16)13-14)15-8-10-17(11-9-15)20(2,3)4;;;;;;/h4-6,11-18,20H,7-10H2,1-3H3;5-13H,1-4H3;2*1H3;2*1H;1H2;. The molecule has 2 atom stereocenters. The van der Waals surface area contributed by atoms with E-state index < -0.39 is 17.4 Å². The molecule has 4 aromatic rings. The summed E-state index contributed by atoms with van der Waals surface area (Å²) in [6, 6.07) is 33.3. The van der Waals surface area contributed by atoms with E-state index in [4.69, 9.17) is 0 Å². The Balaban J connectivity index is 0.00000252. The van der Waals surface area contributed by atoms with Gasteiger partial charge in [-0.25, -0.2) is 0 Å². The quantitative estimate of drug-likeness (QED) is 0.170. The first-order valence-electron chi connectivity index (χ1n) is 19.1. The molecular formula is C47H60Cl2SiZr. The normalized spacial score (nSPS) is 21.6. The van der Waals surface area contributed by atoms with Gasteiger partial charge in [-0.15, -0.1) is 24.8 Å². The first kappa shape index (κ1) is 40.2. The predicted octanol–water partition coefficient (Wildman–Crippen LogP) is 14.0. The molecule has 270 valence electrons. The Bertz CT molecular complexity index is 2030. The molecule has 0 nitrogen and oxygen atoms in total. The Morgan fingerprint density at radius 3 is 1.67 bits per heavy atom. The van der Waals surface area contributed by atoms with Gasteiger partial charge in [-0.2, -0.15) is 0 Å². The van der Waals surface area contributed by atoms with Crippen molar-refractivity contribution in [3.8, 4) is 22.3 Å². The van der Waals surface area contributed by atoms with Crippen LogP contribution < -0.4 is 0 Å². The van der Waals surface area contributed by atoms with E-state index in [-0.39, 0.29) is 30.2 Å². The van der Waals surface area contributed by atoms with Gasteiger partial charge in [-0.1, -0.05) is 0 Å². The van der Waals surface area contributed by atoms with E-state index in [0.717, 1.165) is 5.92 Å². The van der Waals surface area contributed by atoms with E-state index >= 15 is 0 Å². The SMILES string of the molecule is CC1=Cc2c(-c3ccc(C(C)(C)C)cc3)cccc2[CH]1[Zr]([CH3])([CH3])(=[SiH2])[CH]1C(C2CCC(C)CC2)=Cc2c(-c3ccc(C(C)C)cc3)cccc21.Cl.Cl. The molecule has 0 aliphatic heterocycles. The molecule has 3 aliphatic rings. The smallest absolute Gasteiger partial charge is 0.147 e. The van der Waals surface area contributed by atoms with Crippen molar-refractivity contribution in [3.05, 3.63) is 129 Å². The number of allylic oxidation sites excluding steroid dienone is 2. The van der Waals surface area contributed by atoms with E-state index in [9.17, 15) is 0 Å². The summed E-state index contributed by atoms with van der Waals surface area (Å²) in [5.41, 5.74) is 18.1. The minimum atomic E-state index is -3.72. The van der Waals surface area contributed by atoms with Crippen molar-refractivity contribution >= 4 is 43.8 Å². The summed E-state index contributed by atoms with van der Waals surface area (Å²) in [6.45, 7) is 18.9. The van der Waals surface area contributed by atoms with Gasteiger partial charge >= 0.3 is 302 Å². The molecule has 0 saturated heterocycles. The minimum absolute atomic E-state index is 0. The summed E-state index contributed by atoms with van der Waals surface area (Å²) in [7, 11) is 0. The molecule has 2 unspecified atom stereocenters. The van der Waals surface area contributed by atoms with Crippen LogP contribution in [0.25, 0.3) is 34.4 Å². The summed E-state index contributed by atoms with van der Waals surface area (Å²) >= 11 is -3.72. The molecule has 1 saturated carbocycles. The molecule has 0 aromatic heterocycles. The molecule has 7 rings (SSSR count). The van der Waals surface area contributed by atoms with Crippen LogP contribution in [0.3, 0.4) is 0 Å². The Morgan fingerprint density at radius 1 is 0.667 bits per heavy atom. The number of hydrogen-bond acceptors (Lipinski definition) is 0. The predicted molar refractivity (Wildman–Crippen MR) is 230 cm³/mol. The topological polar surface area (TPSA) is 0 Å². The number of fused-ring (bicyclic) bond motifs is 2. The summed E-state index contributed by atoms with van der Waals surface area (Å²) < 4.78 is 6.73. The molecule has 4 heteroatoms. The van der Waals surface area contributed by atoms with Crippen LogP contribution in [0.1, 0.15) is 121 Å². The zero-order valence-corrected chi connectivity index (χ0v) is 38.0. The molecule has 0 spiro atoms.